The normalized spacial score (nSPS) is 22.8. The molecule has 0 aliphatic carbocycles. The highest BCUT2D eigenvalue weighted by Crippen LogP contribution is 2.35. The van der Waals surface area contributed by atoms with E-state index >= 15 is 0 Å². The van der Waals surface area contributed by atoms with Crippen molar-refractivity contribution in [2.45, 2.75) is 32.7 Å². The Bertz CT molecular complexity index is 455. The van der Waals surface area contributed by atoms with Gasteiger partial charge < -0.3 is 10.0 Å². The van der Waals surface area contributed by atoms with Crippen LogP contribution in [0.4, 0.5) is 0 Å². The Balaban J connectivity index is 2.30. The van der Waals surface area contributed by atoms with Gasteiger partial charge in [-0.15, -0.1) is 0 Å². The van der Waals surface area contributed by atoms with Crippen LogP contribution in [0.1, 0.15) is 37.3 Å². The van der Waals surface area contributed by atoms with Crippen LogP contribution in [0.25, 0.3) is 0 Å². The second-order valence-corrected chi connectivity index (χ2v) is 5.17. The molecule has 1 fully saturated rings. The van der Waals surface area contributed by atoms with E-state index in [1.165, 1.54) is 11.2 Å². The predicted molar refractivity (Wildman–Crippen MR) is 61.9 cm³/mol. The molecule has 18 heavy (non-hydrogen) atoms. The third-order valence-corrected chi connectivity index (χ3v) is 3.38. The summed E-state index contributed by atoms with van der Waals surface area (Å²) in [6.45, 7) is 4.16. The van der Waals surface area contributed by atoms with Crippen molar-refractivity contribution in [2.75, 3.05) is 6.54 Å². The second-order valence-electron chi connectivity index (χ2n) is 5.17. The van der Waals surface area contributed by atoms with E-state index in [9.17, 15) is 14.7 Å². The molecule has 98 valence electrons. The number of aliphatic carboxylic acids is 1. The van der Waals surface area contributed by atoms with Gasteiger partial charge in [-0.1, -0.05) is 13.8 Å². The third kappa shape index (κ3) is 2.07. The van der Waals surface area contributed by atoms with Gasteiger partial charge in [-0.2, -0.15) is 5.10 Å². The van der Waals surface area contributed by atoms with Crippen LogP contribution in [0.2, 0.25) is 0 Å². The highest BCUT2D eigenvalue weighted by molar-refractivity contribution is 5.93. The first-order chi connectivity index (χ1) is 8.43. The molecule has 0 saturated carbocycles. The fourth-order valence-corrected chi connectivity index (χ4v) is 2.52. The molecule has 2 heterocycles. The van der Waals surface area contributed by atoms with Gasteiger partial charge in [0.05, 0.1) is 0 Å². The van der Waals surface area contributed by atoms with Gasteiger partial charge in [0.2, 0.25) is 5.82 Å². The Labute approximate surface area is 104 Å². The maximum absolute atomic E-state index is 12.2. The molecule has 1 atom stereocenters. The van der Waals surface area contributed by atoms with Crippen molar-refractivity contribution >= 4 is 11.9 Å². The molecule has 0 radical (unpaired) electrons. The van der Waals surface area contributed by atoms with Gasteiger partial charge in [0, 0.05) is 6.54 Å². The van der Waals surface area contributed by atoms with Gasteiger partial charge in [0.15, 0.2) is 0 Å². The molecule has 1 aliphatic heterocycles. The number of carboxylic acids is 1. The molecule has 1 aromatic heterocycles. The number of carboxylic acid groups (broad SMARTS) is 1. The molecule has 0 bridgehead atoms. The number of hydrogen-bond donors (Lipinski definition) is 2. The maximum Gasteiger partial charge on any atom is 0.326 e. The van der Waals surface area contributed by atoms with Crippen LogP contribution < -0.4 is 0 Å². The minimum absolute atomic E-state index is 0.0824. The number of hydrogen-bond acceptors (Lipinski definition) is 4. The van der Waals surface area contributed by atoms with Crippen molar-refractivity contribution in [3.8, 4) is 0 Å². The summed E-state index contributed by atoms with van der Waals surface area (Å²) < 4.78 is 0. The van der Waals surface area contributed by atoms with Crippen molar-refractivity contribution in [1.82, 2.24) is 20.1 Å². The highest BCUT2D eigenvalue weighted by atomic mass is 16.4. The minimum atomic E-state index is -0.979. The van der Waals surface area contributed by atoms with E-state index < -0.39 is 23.3 Å². The zero-order valence-corrected chi connectivity index (χ0v) is 10.4. The second kappa shape index (κ2) is 4.40. The van der Waals surface area contributed by atoms with Gasteiger partial charge in [-0.3, -0.25) is 9.89 Å². The summed E-state index contributed by atoms with van der Waals surface area (Å²) in [6, 6.07) is -0.830. The quantitative estimate of drug-likeness (QED) is 0.799. The summed E-state index contributed by atoms with van der Waals surface area (Å²) in [5, 5.41) is 15.4. The number of likely N-dealkylation sites (tertiary alicyclic amines) is 1. The standard InChI is InChI=1S/C11H16N4O3/c1-11(2)4-3-5-15(7(11)10(17)18)9(16)8-12-6-13-14-8/h6-7H,3-5H2,1-2H3,(H,17,18)(H,12,13,14). The molecule has 7 heteroatoms. The predicted octanol–water partition coefficient (Wildman–Crippen LogP) is 0.520. The largest absolute Gasteiger partial charge is 0.480 e. The Kier molecular flexibility index (Phi) is 3.06. The fraction of sp³-hybridized carbons (Fsp3) is 0.636. The van der Waals surface area contributed by atoms with Crippen LogP contribution >= 0.6 is 0 Å². The monoisotopic (exact) mass is 252 g/mol. The number of carbonyl (C=O) groups is 2. The van der Waals surface area contributed by atoms with Gasteiger partial charge in [0.25, 0.3) is 5.91 Å². The van der Waals surface area contributed by atoms with E-state index in [1.807, 2.05) is 13.8 Å². The van der Waals surface area contributed by atoms with Crippen molar-refractivity contribution in [1.29, 1.82) is 0 Å². The van der Waals surface area contributed by atoms with Gasteiger partial charge in [-0.05, 0) is 18.3 Å². The van der Waals surface area contributed by atoms with Crippen LogP contribution in [0.3, 0.4) is 0 Å². The maximum atomic E-state index is 12.2. The smallest absolute Gasteiger partial charge is 0.326 e. The lowest BCUT2D eigenvalue weighted by Crippen LogP contribution is -2.56. The van der Waals surface area contributed by atoms with Crippen molar-refractivity contribution < 1.29 is 14.7 Å². The number of rotatable bonds is 2. The van der Waals surface area contributed by atoms with Crippen LogP contribution in [0.15, 0.2) is 6.33 Å². The minimum Gasteiger partial charge on any atom is -0.480 e. The molecule has 0 aromatic carbocycles. The van der Waals surface area contributed by atoms with Crippen LogP contribution in [-0.4, -0.2) is 49.7 Å². The van der Waals surface area contributed by atoms with Crippen LogP contribution in [0.5, 0.6) is 0 Å². The highest BCUT2D eigenvalue weighted by Gasteiger charge is 2.45. The Morgan fingerprint density at radius 3 is 2.83 bits per heavy atom. The zero-order chi connectivity index (χ0) is 13.3. The summed E-state index contributed by atoms with van der Waals surface area (Å²) in [5.41, 5.74) is -0.445. The van der Waals surface area contributed by atoms with Gasteiger partial charge >= 0.3 is 5.97 Å². The summed E-state index contributed by atoms with van der Waals surface area (Å²) >= 11 is 0. The lowest BCUT2D eigenvalue weighted by Gasteiger charge is -2.43. The first-order valence-electron chi connectivity index (χ1n) is 5.82. The number of piperidine rings is 1. The molecular formula is C11H16N4O3. The molecule has 1 aliphatic rings. The average molecular weight is 252 g/mol. The lowest BCUT2D eigenvalue weighted by atomic mass is 9.76. The lowest BCUT2D eigenvalue weighted by molar-refractivity contribution is -0.148. The van der Waals surface area contributed by atoms with Crippen molar-refractivity contribution in [3.63, 3.8) is 0 Å². The molecule has 1 amide bonds. The summed E-state index contributed by atoms with van der Waals surface area (Å²) in [5.74, 6) is -1.31. The van der Waals surface area contributed by atoms with Crippen LogP contribution in [-0.2, 0) is 4.79 Å². The fourth-order valence-electron chi connectivity index (χ4n) is 2.52. The van der Waals surface area contributed by atoms with E-state index in [1.54, 1.807) is 0 Å². The molecule has 7 nitrogen and oxygen atoms in total. The van der Waals surface area contributed by atoms with Gasteiger partial charge in [-0.25, -0.2) is 9.78 Å². The molecule has 1 aromatic rings. The molecule has 1 saturated heterocycles. The summed E-state index contributed by atoms with van der Waals surface area (Å²) in [6.07, 6.45) is 2.80. The molecule has 2 N–H and O–H groups in total. The van der Waals surface area contributed by atoms with E-state index in [0.29, 0.717) is 6.54 Å². The number of nitrogens with one attached hydrogen (secondary N) is 1. The number of nitrogens with zero attached hydrogens (tertiary/aromatic N) is 3. The number of H-pyrrole nitrogens is 1. The topological polar surface area (TPSA) is 99.2 Å². The Morgan fingerprint density at radius 1 is 1.56 bits per heavy atom. The van der Waals surface area contributed by atoms with Crippen molar-refractivity contribution in [2.24, 2.45) is 5.41 Å². The first kappa shape index (κ1) is 12.5. The molecule has 1 unspecified atom stereocenters. The van der Waals surface area contributed by atoms with Gasteiger partial charge in [0.1, 0.15) is 12.4 Å². The summed E-state index contributed by atoms with van der Waals surface area (Å²) in [7, 11) is 0. The third-order valence-electron chi connectivity index (χ3n) is 3.38. The number of aromatic nitrogens is 3. The van der Waals surface area contributed by atoms with E-state index in [4.69, 9.17) is 0 Å². The zero-order valence-electron chi connectivity index (χ0n) is 10.4. The van der Waals surface area contributed by atoms with Crippen molar-refractivity contribution in [3.05, 3.63) is 12.2 Å². The van der Waals surface area contributed by atoms with Crippen LogP contribution in [0, 0.1) is 5.41 Å². The first-order valence-corrected chi connectivity index (χ1v) is 5.82. The Morgan fingerprint density at radius 2 is 2.28 bits per heavy atom. The SMILES string of the molecule is CC1(C)CCCN(C(=O)c2ncn[nH]2)C1C(=O)O. The number of aromatic amines is 1. The molecule has 0 spiro atoms. The Hall–Kier alpha value is -1.92. The molecule has 2 rings (SSSR count). The van der Waals surface area contributed by atoms with E-state index in [-0.39, 0.29) is 5.82 Å². The van der Waals surface area contributed by atoms with E-state index in [2.05, 4.69) is 15.2 Å². The number of amides is 1. The average Bonchev–Trinajstić information content (AvgIpc) is 2.79. The number of carbonyl (C=O) groups excluding carboxylic acids is 1. The van der Waals surface area contributed by atoms with E-state index in [0.717, 1.165) is 12.8 Å². The summed E-state index contributed by atoms with van der Waals surface area (Å²) in [4.78, 5) is 28.8. The molecular weight excluding hydrogens is 236 g/mol.